The van der Waals surface area contributed by atoms with Gasteiger partial charge >= 0.3 is 6.18 Å². The van der Waals surface area contributed by atoms with Crippen LogP contribution in [0.3, 0.4) is 0 Å². The van der Waals surface area contributed by atoms with Crippen molar-refractivity contribution in [2.75, 3.05) is 32.7 Å². The van der Waals surface area contributed by atoms with Gasteiger partial charge < -0.3 is 15.5 Å². The molecule has 0 unspecified atom stereocenters. The van der Waals surface area contributed by atoms with Crippen LogP contribution in [0.5, 0.6) is 0 Å². The average Bonchev–Trinajstić information content (AvgIpc) is 2.41. The van der Waals surface area contributed by atoms with E-state index in [1.807, 2.05) is 5.32 Å². The molecule has 0 aromatic heterocycles. The molecule has 0 atom stereocenters. The first-order chi connectivity index (χ1) is 7.88. The van der Waals surface area contributed by atoms with Crippen LogP contribution in [0, 0.1) is 0 Å². The molecule has 0 aromatic rings. The lowest BCUT2D eigenvalue weighted by Crippen LogP contribution is -2.42. The van der Waals surface area contributed by atoms with Gasteiger partial charge in [0.2, 0.25) is 11.8 Å². The van der Waals surface area contributed by atoms with Crippen LogP contribution in [0.25, 0.3) is 0 Å². The Morgan fingerprint density at radius 1 is 1.41 bits per heavy atom. The lowest BCUT2D eigenvalue weighted by Gasteiger charge is -2.19. The van der Waals surface area contributed by atoms with Gasteiger partial charge in [0.15, 0.2) is 0 Å². The quantitative estimate of drug-likeness (QED) is 0.712. The Kier molecular flexibility index (Phi) is 4.73. The van der Waals surface area contributed by atoms with Gasteiger partial charge in [-0.3, -0.25) is 9.59 Å². The zero-order chi connectivity index (χ0) is 12.9. The normalized spacial score (nSPS) is 17.6. The fourth-order valence-corrected chi connectivity index (χ4v) is 1.44. The number of carbonyl (C=O) groups excluding carboxylic acids is 2. The van der Waals surface area contributed by atoms with Gasteiger partial charge in [-0.2, -0.15) is 13.2 Å². The van der Waals surface area contributed by atoms with Crippen molar-refractivity contribution in [1.82, 2.24) is 15.5 Å². The molecule has 5 nitrogen and oxygen atoms in total. The summed E-state index contributed by atoms with van der Waals surface area (Å²) in [7, 11) is 0. The maximum absolute atomic E-state index is 11.8. The van der Waals surface area contributed by atoms with Crippen LogP contribution in [0.15, 0.2) is 0 Å². The molecule has 1 saturated heterocycles. The standard InChI is InChI=1S/C9H14F3N3O2/c10-9(11,12)6-13-5-8(17)15-3-1-7(16)14-2-4-15/h13H,1-6H2,(H,14,16). The van der Waals surface area contributed by atoms with Gasteiger partial charge in [-0.1, -0.05) is 0 Å². The van der Waals surface area contributed by atoms with Crippen LogP contribution in [0.2, 0.25) is 0 Å². The molecule has 1 aliphatic heterocycles. The maximum Gasteiger partial charge on any atom is 0.401 e. The van der Waals surface area contributed by atoms with E-state index in [0.29, 0.717) is 13.1 Å². The molecule has 8 heteroatoms. The van der Waals surface area contributed by atoms with Crippen LogP contribution in [-0.4, -0.2) is 55.6 Å². The molecule has 0 bridgehead atoms. The van der Waals surface area contributed by atoms with Crippen molar-refractivity contribution in [2.24, 2.45) is 0 Å². The fourth-order valence-electron chi connectivity index (χ4n) is 1.44. The Morgan fingerprint density at radius 3 is 2.76 bits per heavy atom. The van der Waals surface area contributed by atoms with Crippen LogP contribution in [-0.2, 0) is 9.59 Å². The highest BCUT2D eigenvalue weighted by Gasteiger charge is 2.27. The molecule has 17 heavy (non-hydrogen) atoms. The van der Waals surface area contributed by atoms with Crippen LogP contribution in [0.4, 0.5) is 13.2 Å². The largest absolute Gasteiger partial charge is 0.401 e. The second kappa shape index (κ2) is 5.85. The number of nitrogens with zero attached hydrogens (tertiary/aromatic N) is 1. The van der Waals surface area contributed by atoms with Crippen molar-refractivity contribution in [2.45, 2.75) is 12.6 Å². The molecule has 1 heterocycles. The monoisotopic (exact) mass is 253 g/mol. The number of carbonyl (C=O) groups is 2. The summed E-state index contributed by atoms with van der Waals surface area (Å²) < 4.78 is 35.5. The summed E-state index contributed by atoms with van der Waals surface area (Å²) in [6.07, 6.45) is -4.14. The number of rotatable bonds is 3. The highest BCUT2D eigenvalue weighted by Crippen LogP contribution is 2.11. The van der Waals surface area contributed by atoms with Crippen molar-refractivity contribution >= 4 is 11.8 Å². The molecule has 0 radical (unpaired) electrons. The van der Waals surface area contributed by atoms with E-state index in [-0.39, 0.29) is 25.4 Å². The second-order valence-electron chi connectivity index (χ2n) is 3.70. The Labute approximate surface area is 96.3 Å². The van der Waals surface area contributed by atoms with E-state index in [4.69, 9.17) is 0 Å². The molecular formula is C9H14F3N3O2. The van der Waals surface area contributed by atoms with E-state index in [2.05, 4.69) is 5.32 Å². The van der Waals surface area contributed by atoms with E-state index in [0.717, 1.165) is 0 Å². The van der Waals surface area contributed by atoms with E-state index in [9.17, 15) is 22.8 Å². The van der Waals surface area contributed by atoms with E-state index in [1.165, 1.54) is 4.90 Å². The van der Waals surface area contributed by atoms with Gasteiger partial charge in [-0.15, -0.1) is 0 Å². The van der Waals surface area contributed by atoms with Crippen LogP contribution in [0.1, 0.15) is 6.42 Å². The number of amides is 2. The van der Waals surface area contributed by atoms with Crippen LogP contribution < -0.4 is 10.6 Å². The minimum Gasteiger partial charge on any atom is -0.354 e. The molecule has 1 fully saturated rings. The Morgan fingerprint density at radius 2 is 2.12 bits per heavy atom. The lowest BCUT2D eigenvalue weighted by atomic mass is 10.3. The van der Waals surface area contributed by atoms with E-state index >= 15 is 0 Å². The minimum absolute atomic E-state index is 0.149. The summed E-state index contributed by atoms with van der Waals surface area (Å²) in [5.74, 6) is -0.575. The van der Waals surface area contributed by atoms with Gasteiger partial charge in [-0.05, 0) is 0 Å². The molecular weight excluding hydrogens is 239 g/mol. The molecule has 1 aliphatic rings. The van der Waals surface area contributed by atoms with Crippen molar-refractivity contribution < 1.29 is 22.8 Å². The van der Waals surface area contributed by atoms with Gasteiger partial charge in [0, 0.05) is 26.1 Å². The number of halogens is 3. The second-order valence-corrected chi connectivity index (χ2v) is 3.70. The fraction of sp³-hybridized carbons (Fsp3) is 0.778. The summed E-state index contributed by atoms with van der Waals surface area (Å²) in [6, 6.07) is 0. The molecule has 0 aromatic carbocycles. The topological polar surface area (TPSA) is 61.4 Å². The minimum atomic E-state index is -4.32. The zero-order valence-corrected chi connectivity index (χ0v) is 9.14. The van der Waals surface area contributed by atoms with Gasteiger partial charge in [-0.25, -0.2) is 0 Å². The first-order valence-corrected chi connectivity index (χ1v) is 5.20. The predicted octanol–water partition coefficient (Wildman–Crippen LogP) is -0.513. The Balaban J connectivity index is 2.29. The number of nitrogens with one attached hydrogen (secondary N) is 2. The molecule has 98 valence electrons. The van der Waals surface area contributed by atoms with Gasteiger partial charge in [0.1, 0.15) is 0 Å². The third kappa shape index (κ3) is 5.53. The van der Waals surface area contributed by atoms with Gasteiger partial charge in [0.05, 0.1) is 13.1 Å². The number of alkyl halides is 3. The highest BCUT2D eigenvalue weighted by molar-refractivity contribution is 5.81. The van der Waals surface area contributed by atoms with Gasteiger partial charge in [0.25, 0.3) is 0 Å². The molecule has 2 amide bonds. The summed E-state index contributed by atoms with van der Waals surface area (Å²) >= 11 is 0. The third-order valence-corrected chi connectivity index (χ3v) is 2.27. The Hall–Kier alpha value is -1.31. The van der Waals surface area contributed by atoms with E-state index < -0.39 is 18.6 Å². The summed E-state index contributed by atoms with van der Waals surface area (Å²) in [5, 5.41) is 4.61. The van der Waals surface area contributed by atoms with Crippen molar-refractivity contribution in [3.8, 4) is 0 Å². The van der Waals surface area contributed by atoms with Crippen molar-refractivity contribution in [3.63, 3.8) is 0 Å². The summed E-state index contributed by atoms with van der Waals surface area (Å²) in [6.45, 7) is -0.641. The summed E-state index contributed by atoms with van der Waals surface area (Å²) in [4.78, 5) is 23.9. The summed E-state index contributed by atoms with van der Waals surface area (Å²) in [5.41, 5.74) is 0. The first kappa shape index (κ1) is 13.8. The average molecular weight is 253 g/mol. The van der Waals surface area contributed by atoms with Crippen molar-refractivity contribution in [1.29, 1.82) is 0 Å². The zero-order valence-electron chi connectivity index (χ0n) is 9.14. The lowest BCUT2D eigenvalue weighted by molar-refractivity contribution is -0.134. The number of hydrogen-bond acceptors (Lipinski definition) is 3. The van der Waals surface area contributed by atoms with E-state index in [1.54, 1.807) is 0 Å². The number of hydrogen-bond donors (Lipinski definition) is 2. The van der Waals surface area contributed by atoms with Crippen LogP contribution >= 0.6 is 0 Å². The van der Waals surface area contributed by atoms with Crippen molar-refractivity contribution in [3.05, 3.63) is 0 Å². The maximum atomic E-state index is 11.8. The smallest absolute Gasteiger partial charge is 0.354 e. The first-order valence-electron chi connectivity index (χ1n) is 5.20. The SMILES string of the molecule is O=C1CCN(C(=O)CNCC(F)(F)F)CCN1. The highest BCUT2D eigenvalue weighted by atomic mass is 19.4. The molecule has 0 aliphatic carbocycles. The molecule has 2 N–H and O–H groups in total. The molecule has 0 saturated carbocycles. The molecule has 1 rings (SSSR count). The Bertz CT molecular complexity index is 294. The predicted molar refractivity (Wildman–Crippen MR) is 53.1 cm³/mol. The molecule has 0 spiro atoms. The third-order valence-electron chi connectivity index (χ3n) is 2.27.